The number of nitrogens with one attached hydrogen (secondary N) is 1. The summed E-state index contributed by atoms with van der Waals surface area (Å²) in [6, 6.07) is 17.5. The zero-order valence-electron chi connectivity index (χ0n) is 16.8. The molecule has 0 bridgehead atoms. The summed E-state index contributed by atoms with van der Waals surface area (Å²) in [5.41, 5.74) is 5.20. The van der Waals surface area contributed by atoms with Crippen molar-refractivity contribution in [3.05, 3.63) is 100 Å². The second-order valence-electron chi connectivity index (χ2n) is 7.21. The molecule has 2 aromatic heterocycles. The van der Waals surface area contributed by atoms with Crippen molar-refractivity contribution in [3.63, 3.8) is 0 Å². The molecule has 0 aliphatic rings. The molecule has 0 saturated carbocycles. The fourth-order valence-electron chi connectivity index (χ4n) is 3.25. The van der Waals surface area contributed by atoms with Gasteiger partial charge in [0, 0.05) is 11.8 Å². The van der Waals surface area contributed by atoms with Gasteiger partial charge in [0.15, 0.2) is 0 Å². The molecular formula is C23H22ClN5O. The maximum absolute atomic E-state index is 12.6. The van der Waals surface area contributed by atoms with Gasteiger partial charge in [0.05, 0.1) is 41.4 Å². The minimum Gasteiger partial charge on any atom is -0.319 e. The number of halogens is 1. The predicted octanol–water partition coefficient (Wildman–Crippen LogP) is 4.70. The largest absolute Gasteiger partial charge is 0.319 e. The maximum Gasteiger partial charge on any atom is 0.255 e. The number of carbonyl (C=O) groups is 1. The Morgan fingerprint density at radius 3 is 2.37 bits per heavy atom. The summed E-state index contributed by atoms with van der Waals surface area (Å²) in [4.78, 5) is 12.6. The van der Waals surface area contributed by atoms with Crippen molar-refractivity contribution in [3.8, 4) is 0 Å². The summed E-state index contributed by atoms with van der Waals surface area (Å²) in [7, 11) is 0. The maximum atomic E-state index is 12.6. The molecule has 0 spiro atoms. The Balaban J connectivity index is 1.39. The van der Waals surface area contributed by atoms with Gasteiger partial charge in [-0.2, -0.15) is 10.2 Å². The van der Waals surface area contributed by atoms with Crippen LogP contribution in [0.15, 0.2) is 67.0 Å². The highest BCUT2D eigenvalue weighted by Crippen LogP contribution is 2.20. The Bertz CT molecular complexity index is 1160. The van der Waals surface area contributed by atoms with Gasteiger partial charge < -0.3 is 5.32 Å². The van der Waals surface area contributed by atoms with Gasteiger partial charge in [-0.25, -0.2) is 0 Å². The number of anilines is 1. The van der Waals surface area contributed by atoms with Gasteiger partial charge >= 0.3 is 0 Å². The second-order valence-corrected chi connectivity index (χ2v) is 7.58. The van der Waals surface area contributed by atoms with E-state index in [1.165, 1.54) is 0 Å². The van der Waals surface area contributed by atoms with Gasteiger partial charge in [0.25, 0.3) is 5.91 Å². The highest BCUT2D eigenvalue weighted by atomic mass is 35.5. The first-order chi connectivity index (χ1) is 14.5. The molecule has 0 atom stereocenters. The monoisotopic (exact) mass is 419 g/mol. The van der Waals surface area contributed by atoms with E-state index in [0.717, 1.165) is 22.5 Å². The number of amides is 1. The lowest BCUT2D eigenvalue weighted by Gasteiger charge is -2.07. The van der Waals surface area contributed by atoms with Crippen molar-refractivity contribution in [1.29, 1.82) is 0 Å². The minimum absolute atomic E-state index is 0.171. The molecule has 4 aromatic rings. The third kappa shape index (κ3) is 4.44. The van der Waals surface area contributed by atoms with Gasteiger partial charge in [0.1, 0.15) is 0 Å². The van der Waals surface area contributed by atoms with Crippen LogP contribution in [0, 0.1) is 13.8 Å². The molecule has 2 heterocycles. The van der Waals surface area contributed by atoms with E-state index in [1.54, 1.807) is 10.9 Å². The Morgan fingerprint density at radius 1 is 1.00 bits per heavy atom. The van der Waals surface area contributed by atoms with Gasteiger partial charge in [-0.15, -0.1) is 0 Å². The zero-order valence-corrected chi connectivity index (χ0v) is 17.6. The molecule has 0 unspecified atom stereocenters. The quantitative estimate of drug-likeness (QED) is 0.492. The number of benzene rings is 2. The van der Waals surface area contributed by atoms with Gasteiger partial charge in [0.2, 0.25) is 0 Å². The molecular weight excluding hydrogens is 398 g/mol. The van der Waals surface area contributed by atoms with Crippen molar-refractivity contribution >= 4 is 23.2 Å². The molecule has 0 saturated heterocycles. The molecule has 1 N–H and O–H groups in total. The number of nitrogens with zero attached hydrogens (tertiary/aromatic N) is 4. The smallest absolute Gasteiger partial charge is 0.255 e. The molecule has 7 heteroatoms. The molecule has 0 aliphatic carbocycles. The first-order valence-electron chi connectivity index (χ1n) is 9.66. The summed E-state index contributed by atoms with van der Waals surface area (Å²) in [6.07, 6.45) is 3.48. The topological polar surface area (TPSA) is 64.7 Å². The van der Waals surface area contributed by atoms with Crippen LogP contribution in [-0.2, 0) is 13.1 Å². The van der Waals surface area contributed by atoms with Crippen LogP contribution in [0.1, 0.15) is 32.9 Å². The molecule has 2 aromatic carbocycles. The molecule has 1 amide bonds. The van der Waals surface area contributed by atoms with Crippen molar-refractivity contribution < 1.29 is 4.79 Å². The van der Waals surface area contributed by atoms with E-state index in [0.29, 0.717) is 29.4 Å². The van der Waals surface area contributed by atoms with Gasteiger partial charge in [-0.1, -0.05) is 54.1 Å². The third-order valence-electron chi connectivity index (χ3n) is 4.92. The van der Waals surface area contributed by atoms with Crippen LogP contribution in [-0.4, -0.2) is 25.5 Å². The lowest BCUT2D eigenvalue weighted by atomic mass is 10.1. The molecule has 0 aliphatic heterocycles. The van der Waals surface area contributed by atoms with Gasteiger partial charge in [-0.05, 0) is 37.1 Å². The fraction of sp³-hybridized carbons (Fsp3) is 0.174. The molecule has 6 nitrogen and oxygen atoms in total. The van der Waals surface area contributed by atoms with E-state index in [1.807, 2.05) is 79.3 Å². The standard InChI is InChI=1S/C23H22ClN5O/c1-16-22(24)17(2)29(27-16)14-19-8-10-20(11-9-19)23(30)26-21-12-25-28(15-21)13-18-6-4-3-5-7-18/h3-12,15H,13-14H2,1-2H3,(H,26,30). The first kappa shape index (κ1) is 19.9. The fourth-order valence-corrected chi connectivity index (χ4v) is 3.39. The van der Waals surface area contributed by atoms with Crippen molar-refractivity contribution in [2.75, 3.05) is 5.32 Å². The van der Waals surface area contributed by atoms with Crippen molar-refractivity contribution in [2.45, 2.75) is 26.9 Å². The van der Waals surface area contributed by atoms with Gasteiger partial charge in [-0.3, -0.25) is 14.2 Å². The first-order valence-corrected chi connectivity index (χ1v) is 10.0. The molecule has 30 heavy (non-hydrogen) atoms. The summed E-state index contributed by atoms with van der Waals surface area (Å²) >= 11 is 6.21. The molecule has 4 rings (SSSR count). The summed E-state index contributed by atoms with van der Waals surface area (Å²) < 4.78 is 3.67. The zero-order chi connectivity index (χ0) is 21.1. The number of aryl methyl sites for hydroxylation is 1. The Labute approximate surface area is 180 Å². The third-order valence-corrected chi connectivity index (χ3v) is 5.47. The average molecular weight is 420 g/mol. The number of hydrogen-bond donors (Lipinski definition) is 1. The van der Waals surface area contributed by atoms with E-state index in [4.69, 9.17) is 11.6 Å². The van der Waals surface area contributed by atoms with Crippen LogP contribution in [0.25, 0.3) is 0 Å². The van der Waals surface area contributed by atoms with Crippen LogP contribution in [0.3, 0.4) is 0 Å². The van der Waals surface area contributed by atoms with E-state index < -0.39 is 0 Å². The van der Waals surface area contributed by atoms with E-state index >= 15 is 0 Å². The highest BCUT2D eigenvalue weighted by Gasteiger charge is 2.11. The second kappa shape index (κ2) is 8.55. The number of hydrogen-bond acceptors (Lipinski definition) is 3. The highest BCUT2D eigenvalue weighted by molar-refractivity contribution is 6.31. The lowest BCUT2D eigenvalue weighted by Crippen LogP contribution is -2.12. The number of rotatable bonds is 6. The summed E-state index contributed by atoms with van der Waals surface area (Å²) in [5.74, 6) is -0.171. The van der Waals surface area contributed by atoms with Crippen LogP contribution in [0.5, 0.6) is 0 Å². The molecule has 0 radical (unpaired) electrons. The minimum atomic E-state index is -0.171. The van der Waals surface area contributed by atoms with Crippen LogP contribution < -0.4 is 5.32 Å². The number of aromatic nitrogens is 4. The predicted molar refractivity (Wildman–Crippen MR) is 118 cm³/mol. The molecule has 152 valence electrons. The lowest BCUT2D eigenvalue weighted by molar-refractivity contribution is 0.102. The summed E-state index contributed by atoms with van der Waals surface area (Å²) in [6.45, 7) is 5.10. The van der Waals surface area contributed by atoms with Crippen LogP contribution in [0.2, 0.25) is 5.02 Å². The van der Waals surface area contributed by atoms with E-state index in [-0.39, 0.29) is 5.91 Å². The Hall–Kier alpha value is -3.38. The normalized spacial score (nSPS) is 10.9. The van der Waals surface area contributed by atoms with Crippen LogP contribution in [0.4, 0.5) is 5.69 Å². The Morgan fingerprint density at radius 2 is 1.70 bits per heavy atom. The average Bonchev–Trinajstić information content (AvgIpc) is 3.28. The molecule has 0 fully saturated rings. The SMILES string of the molecule is Cc1nn(Cc2ccc(C(=O)Nc3cnn(Cc4ccccc4)c3)cc2)c(C)c1Cl. The number of carbonyl (C=O) groups excluding carboxylic acids is 1. The van der Waals surface area contributed by atoms with Crippen LogP contribution >= 0.6 is 11.6 Å². The van der Waals surface area contributed by atoms with Crippen molar-refractivity contribution in [1.82, 2.24) is 19.6 Å². The summed E-state index contributed by atoms with van der Waals surface area (Å²) in [5, 5.41) is 12.4. The van der Waals surface area contributed by atoms with Crippen molar-refractivity contribution in [2.24, 2.45) is 0 Å². The van der Waals surface area contributed by atoms with E-state index in [9.17, 15) is 4.79 Å². The Kier molecular flexibility index (Phi) is 5.68. The van der Waals surface area contributed by atoms with E-state index in [2.05, 4.69) is 15.5 Å².